The number of carboxylic acids is 1. The zero-order valence-electron chi connectivity index (χ0n) is 13.5. The van der Waals surface area contributed by atoms with Gasteiger partial charge in [0.1, 0.15) is 0 Å². The van der Waals surface area contributed by atoms with Crippen LogP contribution in [0.3, 0.4) is 0 Å². The summed E-state index contributed by atoms with van der Waals surface area (Å²) in [4.78, 5) is 10.2. The van der Waals surface area contributed by atoms with Gasteiger partial charge in [-0.2, -0.15) is 0 Å². The molecular weight excluding hydrogens is 264 g/mol. The summed E-state index contributed by atoms with van der Waals surface area (Å²) in [6, 6.07) is 0. The van der Waals surface area contributed by atoms with Crippen molar-refractivity contribution in [1.29, 1.82) is 0 Å². The normalized spacial score (nSPS) is 21.0. The van der Waals surface area contributed by atoms with Gasteiger partial charge in [-0.05, 0) is 38.5 Å². The lowest BCUT2D eigenvalue weighted by atomic mass is 10.1. The molecule has 0 saturated carbocycles. The maximum atomic E-state index is 10.2. The third kappa shape index (κ3) is 10.5. The molecule has 0 aromatic heterocycles. The molecule has 0 unspecified atom stereocenters. The highest BCUT2D eigenvalue weighted by atomic mass is 16.6. The van der Waals surface area contributed by atoms with Gasteiger partial charge >= 0.3 is 0 Å². The molecule has 2 atom stereocenters. The lowest BCUT2D eigenvalue weighted by molar-refractivity contribution is -0.305. The molecule has 0 spiro atoms. The molecule has 0 radical (unpaired) electrons. The molecule has 1 fully saturated rings. The summed E-state index contributed by atoms with van der Waals surface area (Å²) in [5.74, 6) is -0.923. The second-order valence-electron chi connectivity index (χ2n) is 6.09. The Morgan fingerprint density at radius 2 is 1.76 bits per heavy atom. The maximum Gasteiger partial charge on any atom is 0.0876 e. The molecule has 0 amide bonds. The summed E-state index contributed by atoms with van der Waals surface area (Å²) in [6.07, 6.45) is 18.4. The summed E-state index contributed by atoms with van der Waals surface area (Å²) in [7, 11) is 0. The van der Waals surface area contributed by atoms with Crippen LogP contribution in [0.4, 0.5) is 0 Å². The van der Waals surface area contributed by atoms with E-state index in [9.17, 15) is 9.90 Å². The number of carboxylic acid groups (broad SMARTS) is 1. The molecule has 21 heavy (non-hydrogen) atoms. The van der Waals surface area contributed by atoms with Gasteiger partial charge in [-0.15, -0.1) is 0 Å². The van der Waals surface area contributed by atoms with Gasteiger partial charge in [-0.1, -0.05) is 57.6 Å². The molecule has 3 nitrogen and oxygen atoms in total. The fourth-order valence-corrected chi connectivity index (χ4v) is 2.65. The number of allylic oxidation sites excluding steroid dienone is 1. The summed E-state index contributed by atoms with van der Waals surface area (Å²) in [5.41, 5.74) is 0. The van der Waals surface area contributed by atoms with Gasteiger partial charge in [0, 0.05) is 5.97 Å². The highest BCUT2D eigenvalue weighted by Crippen LogP contribution is 2.30. The van der Waals surface area contributed by atoms with Crippen molar-refractivity contribution in [3.63, 3.8) is 0 Å². The third-order valence-electron chi connectivity index (χ3n) is 4.07. The van der Waals surface area contributed by atoms with Gasteiger partial charge < -0.3 is 14.6 Å². The summed E-state index contributed by atoms with van der Waals surface area (Å²) < 4.78 is 5.65. The molecule has 1 aliphatic heterocycles. The number of carbonyl (C=O) groups excluding carboxylic acids is 1. The molecule has 0 aromatic carbocycles. The Hall–Kier alpha value is -0.830. The maximum absolute atomic E-state index is 10.2. The Morgan fingerprint density at radius 3 is 2.52 bits per heavy atom. The largest absolute Gasteiger partial charge is 0.550 e. The van der Waals surface area contributed by atoms with Gasteiger partial charge in [0.25, 0.3) is 0 Å². The fraction of sp³-hybridized carbons (Fsp3) is 0.833. The van der Waals surface area contributed by atoms with Crippen molar-refractivity contribution in [3.05, 3.63) is 12.2 Å². The van der Waals surface area contributed by atoms with E-state index in [4.69, 9.17) is 4.74 Å². The summed E-state index contributed by atoms with van der Waals surface area (Å²) in [6.45, 7) is 2.23. The van der Waals surface area contributed by atoms with Crippen molar-refractivity contribution in [2.45, 2.75) is 96.2 Å². The first-order valence-corrected chi connectivity index (χ1v) is 8.74. The Kier molecular flexibility index (Phi) is 10.2. The zero-order valence-corrected chi connectivity index (χ0v) is 13.5. The van der Waals surface area contributed by atoms with Crippen molar-refractivity contribution in [3.8, 4) is 0 Å². The first-order chi connectivity index (χ1) is 10.2. The van der Waals surface area contributed by atoms with Crippen molar-refractivity contribution < 1.29 is 14.6 Å². The van der Waals surface area contributed by atoms with Gasteiger partial charge in [-0.25, -0.2) is 0 Å². The second kappa shape index (κ2) is 11.8. The minimum Gasteiger partial charge on any atom is -0.550 e. The Labute approximate surface area is 129 Å². The van der Waals surface area contributed by atoms with Crippen LogP contribution in [-0.2, 0) is 9.53 Å². The number of unbranched alkanes of at least 4 members (excludes halogenated alkanes) is 7. The van der Waals surface area contributed by atoms with Crippen LogP contribution < -0.4 is 5.11 Å². The van der Waals surface area contributed by atoms with Crippen LogP contribution >= 0.6 is 0 Å². The number of carbonyl (C=O) groups is 1. The first-order valence-electron chi connectivity index (χ1n) is 8.74. The molecule has 122 valence electrons. The average Bonchev–Trinajstić information content (AvgIpc) is 3.19. The lowest BCUT2D eigenvalue weighted by Gasteiger charge is -2.01. The average molecular weight is 295 g/mol. The molecule has 0 bridgehead atoms. The quantitative estimate of drug-likeness (QED) is 0.278. The molecule has 0 N–H and O–H groups in total. The van der Waals surface area contributed by atoms with Gasteiger partial charge in [0.05, 0.1) is 12.2 Å². The van der Waals surface area contributed by atoms with Crippen molar-refractivity contribution >= 4 is 5.97 Å². The number of rotatable bonds is 14. The minimum atomic E-state index is -0.923. The van der Waals surface area contributed by atoms with Crippen molar-refractivity contribution in [1.82, 2.24) is 0 Å². The van der Waals surface area contributed by atoms with E-state index in [1.54, 1.807) is 0 Å². The smallest absolute Gasteiger partial charge is 0.0876 e. The number of hydrogen-bond acceptors (Lipinski definition) is 3. The van der Waals surface area contributed by atoms with E-state index < -0.39 is 5.97 Å². The molecule has 0 aromatic rings. The van der Waals surface area contributed by atoms with Gasteiger partial charge in [0.2, 0.25) is 0 Å². The molecule has 1 heterocycles. The lowest BCUT2D eigenvalue weighted by Crippen LogP contribution is -2.21. The number of epoxide rings is 1. The van der Waals surface area contributed by atoms with E-state index in [1.807, 2.05) is 0 Å². The Bertz CT molecular complexity index is 299. The number of aliphatic carboxylic acids is 1. The minimum absolute atomic E-state index is 0.209. The van der Waals surface area contributed by atoms with Gasteiger partial charge in [-0.3, -0.25) is 0 Å². The van der Waals surface area contributed by atoms with E-state index in [1.165, 1.54) is 38.5 Å². The topological polar surface area (TPSA) is 52.7 Å². The third-order valence-corrected chi connectivity index (χ3v) is 4.07. The van der Waals surface area contributed by atoms with Crippen LogP contribution in [0.25, 0.3) is 0 Å². The van der Waals surface area contributed by atoms with E-state index in [0.717, 1.165) is 32.1 Å². The molecule has 1 aliphatic rings. The molecule has 1 rings (SSSR count). The molecular formula is C18H31O3-. The van der Waals surface area contributed by atoms with Gasteiger partial charge in [0.15, 0.2) is 0 Å². The fourth-order valence-electron chi connectivity index (χ4n) is 2.65. The van der Waals surface area contributed by atoms with Crippen LogP contribution in [0, 0.1) is 0 Å². The van der Waals surface area contributed by atoms with Crippen molar-refractivity contribution in [2.75, 3.05) is 0 Å². The van der Waals surface area contributed by atoms with E-state index in [-0.39, 0.29) is 6.42 Å². The molecule has 3 heteroatoms. The van der Waals surface area contributed by atoms with Crippen LogP contribution in [0.5, 0.6) is 0 Å². The SMILES string of the molecule is CCCCC[C@H]1O[C@H]1C/C=C\CCCCCCCC(=O)[O-]. The second-order valence-corrected chi connectivity index (χ2v) is 6.09. The van der Waals surface area contributed by atoms with Crippen LogP contribution in [0.1, 0.15) is 84.0 Å². The summed E-state index contributed by atoms with van der Waals surface area (Å²) in [5, 5.41) is 10.2. The van der Waals surface area contributed by atoms with Crippen molar-refractivity contribution in [2.24, 2.45) is 0 Å². The van der Waals surface area contributed by atoms with E-state index in [2.05, 4.69) is 19.1 Å². The highest BCUT2D eigenvalue weighted by Gasteiger charge is 2.36. The Morgan fingerprint density at radius 1 is 1.00 bits per heavy atom. The monoisotopic (exact) mass is 295 g/mol. The van der Waals surface area contributed by atoms with E-state index >= 15 is 0 Å². The number of hydrogen-bond donors (Lipinski definition) is 0. The van der Waals surface area contributed by atoms with Crippen LogP contribution in [-0.4, -0.2) is 18.2 Å². The summed E-state index contributed by atoms with van der Waals surface area (Å²) >= 11 is 0. The first kappa shape index (κ1) is 18.2. The standard InChI is InChI=1S/C18H32O3/c1-2-3-10-13-16-17(21-16)14-11-8-6-4-5-7-9-12-15-18(19)20/h8,11,16-17H,2-7,9-10,12-15H2,1H3,(H,19,20)/p-1/b11-8-/t16-,17+/m1/s1. The molecule has 1 saturated heterocycles. The highest BCUT2D eigenvalue weighted by molar-refractivity contribution is 5.63. The number of ether oxygens (including phenoxy) is 1. The Balaban J connectivity index is 1.81. The van der Waals surface area contributed by atoms with Crippen LogP contribution in [0.2, 0.25) is 0 Å². The van der Waals surface area contributed by atoms with E-state index in [0.29, 0.717) is 12.2 Å². The zero-order chi connectivity index (χ0) is 15.3. The predicted molar refractivity (Wildman–Crippen MR) is 83.9 cm³/mol. The predicted octanol–water partition coefficient (Wildman–Crippen LogP) is 3.76. The molecule has 0 aliphatic carbocycles. The van der Waals surface area contributed by atoms with Crippen LogP contribution in [0.15, 0.2) is 12.2 Å².